The zero-order chi connectivity index (χ0) is 14.5. The van der Waals surface area contributed by atoms with Crippen molar-refractivity contribution >= 4 is 0 Å². The summed E-state index contributed by atoms with van der Waals surface area (Å²) in [4.78, 5) is 0. The van der Waals surface area contributed by atoms with E-state index < -0.39 is 6.10 Å². The second kappa shape index (κ2) is 7.09. The summed E-state index contributed by atoms with van der Waals surface area (Å²) in [6.07, 6.45) is 3.13. The molecule has 0 radical (unpaired) electrons. The van der Waals surface area contributed by atoms with Crippen LogP contribution >= 0.6 is 0 Å². The SMILES string of the molecule is CCOC1CC(CC(O)c2cccc(OC(C)C)c2)C1. The number of ether oxygens (including phenoxy) is 2. The molecule has 1 aliphatic carbocycles. The molecule has 0 aromatic heterocycles. The maximum atomic E-state index is 10.3. The van der Waals surface area contributed by atoms with Gasteiger partial charge in [0.15, 0.2) is 0 Å². The molecule has 0 aliphatic heterocycles. The second-order valence-electron chi connectivity index (χ2n) is 5.91. The quantitative estimate of drug-likeness (QED) is 0.826. The molecule has 1 saturated carbocycles. The van der Waals surface area contributed by atoms with E-state index in [4.69, 9.17) is 9.47 Å². The lowest BCUT2D eigenvalue weighted by Gasteiger charge is -2.36. The Bertz CT molecular complexity index is 410. The molecule has 112 valence electrons. The Kier molecular flexibility index (Phi) is 5.44. The molecule has 1 aliphatic rings. The van der Waals surface area contributed by atoms with Crippen molar-refractivity contribution in [1.82, 2.24) is 0 Å². The predicted octanol–water partition coefficient (Wildman–Crippen LogP) is 3.71. The Labute approximate surface area is 121 Å². The van der Waals surface area contributed by atoms with E-state index in [1.165, 1.54) is 0 Å². The number of rotatable bonds is 7. The predicted molar refractivity (Wildman–Crippen MR) is 79.9 cm³/mol. The van der Waals surface area contributed by atoms with E-state index in [1.54, 1.807) is 0 Å². The van der Waals surface area contributed by atoms with E-state index in [2.05, 4.69) is 0 Å². The number of aliphatic hydroxyl groups is 1. The van der Waals surface area contributed by atoms with Gasteiger partial charge in [-0.1, -0.05) is 12.1 Å². The minimum absolute atomic E-state index is 0.154. The number of hydrogen-bond donors (Lipinski definition) is 1. The fourth-order valence-electron chi connectivity index (χ4n) is 2.76. The van der Waals surface area contributed by atoms with Crippen molar-refractivity contribution in [3.05, 3.63) is 29.8 Å². The normalized spacial score (nSPS) is 23.4. The van der Waals surface area contributed by atoms with Crippen molar-refractivity contribution in [1.29, 1.82) is 0 Å². The first kappa shape index (κ1) is 15.3. The summed E-state index contributed by atoms with van der Waals surface area (Å²) in [6, 6.07) is 7.80. The summed E-state index contributed by atoms with van der Waals surface area (Å²) in [5.74, 6) is 1.41. The van der Waals surface area contributed by atoms with Crippen molar-refractivity contribution in [2.45, 2.75) is 58.3 Å². The first-order chi connectivity index (χ1) is 9.58. The minimum atomic E-state index is -0.404. The van der Waals surface area contributed by atoms with Crippen LogP contribution in [0.3, 0.4) is 0 Å². The van der Waals surface area contributed by atoms with Gasteiger partial charge in [0.1, 0.15) is 5.75 Å². The Balaban J connectivity index is 1.85. The van der Waals surface area contributed by atoms with Crippen LogP contribution in [0.4, 0.5) is 0 Å². The Hall–Kier alpha value is -1.06. The van der Waals surface area contributed by atoms with Gasteiger partial charge in [0.05, 0.1) is 18.3 Å². The summed E-state index contributed by atoms with van der Waals surface area (Å²) in [7, 11) is 0. The standard InChI is InChI=1S/C17H26O3/c1-4-19-16-8-13(9-16)10-17(18)14-6-5-7-15(11-14)20-12(2)3/h5-7,11-13,16-18H,4,8-10H2,1-3H3. The Morgan fingerprint density at radius 2 is 2.05 bits per heavy atom. The first-order valence-corrected chi connectivity index (χ1v) is 7.64. The third-order valence-electron chi connectivity index (χ3n) is 3.77. The molecule has 1 N–H and O–H groups in total. The maximum Gasteiger partial charge on any atom is 0.120 e. The van der Waals surface area contributed by atoms with Crippen molar-refractivity contribution in [2.24, 2.45) is 5.92 Å². The number of aliphatic hydroxyl groups excluding tert-OH is 1. The van der Waals surface area contributed by atoms with Crippen molar-refractivity contribution in [2.75, 3.05) is 6.61 Å². The molecular weight excluding hydrogens is 252 g/mol. The van der Waals surface area contributed by atoms with Crippen molar-refractivity contribution < 1.29 is 14.6 Å². The molecule has 20 heavy (non-hydrogen) atoms. The van der Waals surface area contributed by atoms with Crippen LogP contribution in [0.5, 0.6) is 5.75 Å². The van der Waals surface area contributed by atoms with Crippen LogP contribution in [0.25, 0.3) is 0 Å². The highest BCUT2D eigenvalue weighted by atomic mass is 16.5. The molecule has 1 unspecified atom stereocenters. The Morgan fingerprint density at radius 1 is 1.30 bits per heavy atom. The third kappa shape index (κ3) is 4.22. The third-order valence-corrected chi connectivity index (χ3v) is 3.77. The highest BCUT2D eigenvalue weighted by molar-refractivity contribution is 5.30. The van der Waals surface area contributed by atoms with Gasteiger partial charge in [-0.15, -0.1) is 0 Å². The molecule has 1 aromatic carbocycles. The van der Waals surface area contributed by atoms with Crippen LogP contribution in [-0.4, -0.2) is 23.9 Å². The van der Waals surface area contributed by atoms with Gasteiger partial charge in [-0.2, -0.15) is 0 Å². The average molecular weight is 278 g/mol. The minimum Gasteiger partial charge on any atom is -0.491 e. The zero-order valence-electron chi connectivity index (χ0n) is 12.7. The lowest BCUT2D eigenvalue weighted by Crippen LogP contribution is -2.32. The molecule has 0 bridgehead atoms. The fraction of sp³-hybridized carbons (Fsp3) is 0.647. The van der Waals surface area contributed by atoms with Crippen LogP contribution in [0.2, 0.25) is 0 Å². The van der Waals surface area contributed by atoms with Gasteiger partial charge >= 0.3 is 0 Å². The molecule has 2 rings (SSSR count). The largest absolute Gasteiger partial charge is 0.491 e. The molecule has 1 fully saturated rings. The molecule has 1 atom stereocenters. The second-order valence-corrected chi connectivity index (χ2v) is 5.91. The van der Waals surface area contributed by atoms with Gasteiger partial charge < -0.3 is 14.6 Å². The van der Waals surface area contributed by atoms with Crippen LogP contribution in [0, 0.1) is 5.92 Å². The van der Waals surface area contributed by atoms with Gasteiger partial charge in [-0.05, 0) is 63.6 Å². The molecule has 1 aromatic rings. The van der Waals surface area contributed by atoms with Crippen LogP contribution in [0.1, 0.15) is 51.7 Å². The topological polar surface area (TPSA) is 38.7 Å². The van der Waals surface area contributed by atoms with E-state index in [-0.39, 0.29) is 6.10 Å². The van der Waals surface area contributed by atoms with Gasteiger partial charge in [0, 0.05) is 6.61 Å². The number of benzene rings is 1. The molecule has 0 spiro atoms. The van der Waals surface area contributed by atoms with Crippen molar-refractivity contribution in [3.63, 3.8) is 0 Å². The fourth-order valence-corrected chi connectivity index (χ4v) is 2.76. The van der Waals surface area contributed by atoms with Gasteiger partial charge in [0.2, 0.25) is 0 Å². The highest BCUT2D eigenvalue weighted by Gasteiger charge is 2.31. The van der Waals surface area contributed by atoms with Crippen LogP contribution < -0.4 is 4.74 Å². The number of hydrogen-bond acceptors (Lipinski definition) is 3. The first-order valence-electron chi connectivity index (χ1n) is 7.64. The summed E-state index contributed by atoms with van der Waals surface area (Å²) >= 11 is 0. The van der Waals surface area contributed by atoms with E-state index in [0.29, 0.717) is 12.0 Å². The monoisotopic (exact) mass is 278 g/mol. The van der Waals surface area contributed by atoms with Gasteiger partial charge in [-0.25, -0.2) is 0 Å². The van der Waals surface area contributed by atoms with Crippen LogP contribution in [0.15, 0.2) is 24.3 Å². The van der Waals surface area contributed by atoms with E-state index in [9.17, 15) is 5.11 Å². The lowest BCUT2D eigenvalue weighted by molar-refractivity contribution is -0.0380. The molecule has 3 heteroatoms. The summed E-state index contributed by atoms with van der Waals surface area (Å²) in [5.41, 5.74) is 0.947. The van der Waals surface area contributed by atoms with Gasteiger partial charge in [0.25, 0.3) is 0 Å². The summed E-state index contributed by atoms with van der Waals surface area (Å²) in [5, 5.41) is 10.3. The molecule has 3 nitrogen and oxygen atoms in total. The molecule has 0 heterocycles. The van der Waals surface area contributed by atoms with E-state index in [0.717, 1.165) is 37.2 Å². The van der Waals surface area contributed by atoms with Gasteiger partial charge in [-0.3, -0.25) is 0 Å². The summed E-state index contributed by atoms with van der Waals surface area (Å²) < 4.78 is 11.2. The zero-order valence-corrected chi connectivity index (χ0v) is 12.7. The van der Waals surface area contributed by atoms with E-state index in [1.807, 2.05) is 45.0 Å². The van der Waals surface area contributed by atoms with E-state index >= 15 is 0 Å². The molecular formula is C17H26O3. The molecule has 0 amide bonds. The van der Waals surface area contributed by atoms with Crippen molar-refractivity contribution in [3.8, 4) is 5.75 Å². The summed E-state index contributed by atoms with van der Waals surface area (Å²) in [6.45, 7) is 6.83. The average Bonchev–Trinajstić information content (AvgIpc) is 2.35. The van der Waals surface area contributed by atoms with Crippen LogP contribution in [-0.2, 0) is 4.74 Å². The lowest BCUT2D eigenvalue weighted by atomic mass is 9.78. The highest BCUT2D eigenvalue weighted by Crippen LogP contribution is 2.37. The molecule has 0 saturated heterocycles. The maximum absolute atomic E-state index is 10.3. The Morgan fingerprint density at radius 3 is 2.70 bits per heavy atom. The smallest absolute Gasteiger partial charge is 0.120 e.